The fraction of sp³-hybridized carbons (Fsp3) is 0.0556. The third-order valence-electron chi connectivity index (χ3n) is 3.39. The van der Waals surface area contributed by atoms with Crippen LogP contribution < -0.4 is 21.5 Å². The highest BCUT2D eigenvalue weighted by atomic mass is 16.5. The molecule has 0 fully saturated rings. The number of rotatable bonds is 6. The summed E-state index contributed by atoms with van der Waals surface area (Å²) in [6, 6.07) is 12.7. The van der Waals surface area contributed by atoms with Crippen molar-refractivity contribution in [2.24, 2.45) is 21.5 Å². The normalized spacial score (nSPS) is 11.9. The van der Waals surface area contributed by atoms with Gasteiger partial charge in [-0.15, -0.1) is 0 Å². The van der Waals surface area contributed by atoms with Crippen LogP contribution in [0.15, 0.2) is 75.6 Å². The summed E-state index contributed by atoms with van der Waals surface area (Å²) in [6.45, 7) is 3.77. The van der Waals surface area contributed by atoms with Gasteiger partial charge >= 0.3 is 0 Å². The molecule has 0 radical (unpaired) electrons. The van der Waals surface area contributed by atoms with Crippen LogP contribution in [0.3, 0.4) is 0 Å². The topological polar surface area (TPSA) is 150 Å². The summed E-state index contributed by atoms with van der Waals surface area (Å²) in [6.07, 6.45) is 1.56. The Balaban J connectivity index is 1.72. The first-order valence-electron chi connectivity index (χ1n) is 8.09. The van der Waals surface area contributed by atoms with E-state index in [9.17, 15) is 0 Å². The van der Waals surface area contributed by atoms with Gasteiger partial charge in [0.15, 0.2) is 5.84 Å². The fourth-order valence-electron chi connectivity index (χ4n) is 2.15. The summed E-state index contributed by atoms with van der Waals surface area (Å²) in [5.74, 6) is 0.871. The van der Waals surface area contributed by atoms with Crippen molar-refractivity contribution in [2.45, 2.75) is 0 Å². The zero-order valence-electron chi connectivity index (χ0n) is 15.0. The summed E-state index contributed by atoms with van der Waals surface area (Å²) >= 11 is 0. The number of nitrogens with zero attached hydrogens (tertiary/aromatic N) is 5. The number of para-hydroxylation sites is 1. The first-order valence-corrected chi connectivity index (χ1v) is 8.09. The van der Waals surface area contributed by atoms with Crippen LogP contribution >= 0.6 is 0 Å². The third kappa shape index (κ3) is 4.69. The number of nitrogens with one attached hydrogen (secondary N) is 1. The summed E-state index contributed by atoms with van der Waals surface area (Å²) in [4.78, 5) is 16.2. The van der Waals surface area contributed by atoms with Gasteiger partial charge in [0.05, 0.1) is 7.11 Å². The molecule has 0 aliphatic heterocycles. The van der Waals surface area contributed by atoms with Gasteiger partial charge in [-0.1, -0.05) is 29.9 Å². The summed E-state index contributed by atoms with van der Waals surface area (Å²) in [5.41, 5.74) is 13.1. The number of benzene rings is 1. The number of hydrogen-bond donors (Lipinski definition) is 3. The van der Waals surface area contributed by atoms with Crippen LogP contribution in [0.25, 0.3) is 11.5 Å². The summed E-state index contributed by atoms with van der Waals surface area (Å²) in [7, 11) is 1.51. The first kappa shape index (κ1) is 18.6. The van der Waals surface area contributed by atoms with Crippen molar-refractivity contribution in [2.75, 3.05) is 12.4 Å². The van der Waals surface area contributed by atoms with Gasteiger partial charge < -0.3 is 26.0 Å². The Morgan fingerprint density at radius 1 is 1.18 bits per heavy atom. The lowest BCUT2D eigenvalue weighted by Gasteiger charge is -2.04. The molecule has 0 aliphatic carbocycles. The Kier molecular flexibility index (Phi) is 5.60. The average Bonchev–Trinajstić information content (AvgIpc) is 3.19. The largest absolute Gasteiger partial charge is 0.481 e. The second-order valence-corrected chi connectivity index (χ2v) is 5.41. The molecule has 0 atom stereocenters. The quantitative estimate of drug-likeness (QED) is 0.433. The number of methoxy groups -OCH3 is 1. The van der Waals surface area contributed by atoms with Gasteiger partial charge in [-0.3, -0.25) is 0 Å². The lowest BCUT2D eigenvalue weighted by atomic mass is 10.2. The molecule has 0 unspecified atom stereocenters. The number of aromatic nitrogens is 3. The van der Waals surface area contributed by atoms with E-state index in [1.54, 1.807) is 18.3 Å². The Bertz CT molecular complexity index is 1030. The molecule has 3 aromatic rings. The van der Waals surface area contributed by atoms with Crippen LogP contribution in [0, 0.1) is 0 Å². The minimum absolute atomic E-state index is 0.0511. The number of ether oxygens (including phenoxy) is 1. The van der Waals surface area contributed by atoms with Gasteiger partial charge in [0, 0.05) is 23.5 Å². The molecule has 5 N–H and O–H groups in total. The fourth-order valence-corrected chi connectivity index (χ4v) is 2.15. The Hall–Kier alpha value is -4.21. The molecule has 0 saturated heterocycles. The molecule has 28 heavy (non-hydrogen) atoms. The highest BCUT2D eigenvalue weighted by molar-refractivity contribution is 6.02. The molecule has 0 bridgehead atoms. The van der Waals surface area contributed by atoms with Crippen molar-refractivity contribution in [3.63, 3.8) is 0 Å². The lowest BCUT2D eigenvalue weighted by molar-refractivity contribution is 0.397. The van der Waals surface area contributed by atoms with Crippen LogP contribution in [-0.4, -0.2) is 34.0 Å². The molecule has 10 nitrogen and oxygen atoms in total. The van der Waals surface area contributed by atoms with Crippen molar-refractivity contribution in [1.29, 1.82) is 0 Å². The predicted octanol–water partition coefficient (Wildman–Crippen LogP) is 1.74. The van der Waals surface area contributed by atoms with Crippen LogP contribution in [0.2, 0.25) is 0 Å². The SMILES string of the molecule is C=C(/N=C(N)\N=C(/N)c1noc(-c2ccnc(OC)c2)n1)Nc1ccccc1. The van der Waals surface area contributed by atoms with E-state index in [2.05, 4.69) is 37.0 Å². The molecular weight excluding hydrogens is 360 g/mol. The molecule has 0 saturated carbocycles. The Labute approximate surface area is 160 Å². The minimum Gasteiger partial charge on any atom is -0.481 e. The maximum atomic E-state index is 5.89. The highest BCUT2D eigenvalue weighted by Gasteiger charge is 2.13. The number of hydrogen-bond acceptors (Lipinski definition) is 7. The number of nitrogens with two attached hydrogens (primary N) is 2. The Morgan fingerprint density at radius 2 is 1.96 bits per heavy atom. The van der Waals surface area contributed by atoms with E-state index in [-0.39, 0.29) is 23.5 Å². The summed E-state index contributed by atoms with van der Waals surface area (Å²) in [5, 5.41) is 6.78. The van der Waals surface area contributed by atoms with E-state index in [4.69, 9.17) is 20.7 Å². The molecule has 0 amide bonds. The molecule has 2 aromatic heterocycles. The molecule has 10 heteroatoms. The second-order valence-electron chi connectivity index (χ2n) is 5.41. The Morgan fingerprint density at radius 3 is 2.71 bits per heavy atom. The van der Waals surface area contributed by atoms with Gasteiger partial charge in [0.2, 0.25) is 17.7 Å². The van der Waals surface area contributed by atoms with E-state index < -0.39 is 0 Å². The van der Waals surface area contributed by atoms with Crippen molar-refractivity contribution in [3.05, 3.63) is 66.9 Å². The van der Waals surface area contributed by atoms with E-state index in [0.717, 1.165) is 5.69 Å². The number of pyridine rings is 1. The van der Waals surface area contributed by atoms with Crippen molar-refractivity contribution in [3.8, 4) is 17.3 Å². The van der Waals surface area contributed by atoms with Gasteiger partial charge in [-0.05, 0) is 18.2 Å². The minimum atomic E-state index is -0.108. The molecule has 0 spiro atoms. The molecule has 1 aromatic carbocycles. The lowest BCUT2D eigenvalue weighted by Crippen LogP contribution is -2.21. The van der Waals surface area contributed by atoms with Crippen molar-refractivity contribution < 1.29 is 9.26 Å². The smallest absolute Gasteiger partial charge is 0.258 e. The van der Waals surface area contributed by atoms with E-state index >= 15 is 0 Å². The standard InChI is InChI=1S/C18H18N8O2/c1-11(22-13-6-4-3-5-7-13)23-18(20)24-15(19)16-25-17(28-26-16)12-8-9-21-14(10-12)27-2/h3-10,22H,1H2,2H3,(H4,19,20,23,24). The first-order chi connectivity index (χ1) is 13.5. The van der Waals surface area contributed by atoms with E-state index in [0.29, 0.717) is 17.3 Å². The second kappa shape index (κ2) is 8.45. The number of anilines is 1. The zero-order chi connectivity index (χ0) is 19.9. The van der Waals surface area contributed by atoms with Gasteiger partial charge in [0.1, 0.15) is 5.82 Å². The predicted molar refractivity (Wildman–Crippen MR) is 106 cm³/mol. The van der Waals surface area contributed by atoms with Crippen LogP contribution in [0.5, 0.6) is 5.88 Å². The zero-order valence-corrected chi connectivity index (χ0v) is 15.0. The molecule has 3 rings (SSSR count). The van der Waals surface area contributed by atoms with Gasteiger partial charge in [-0.2, -0.15) is 15.0 Å². The molecular formula is C18H18N8O2. The van der Waals surface area contributed by atoms with E-state index in [1.807, 2.05) is 30.3 Å². The van der Waals surface area contributed by atoms with Crippen LogP contribution in [-0.2, 0) is 0 Å². The summed E-state index contributed by atoms with van der Waals surface area (Å²) < 4.78 is 10.3. The monoisotopic (exact) mass is 378 g/mol. The van der Waals surface area contributed by atoms with Gasteiger partial charge in [-0.25, -0.2) is 4.98 Å². The number of amidine groups is 1. The molecule has 142 valence electrons. The third-order valence-corrected chi connectivity index (χ3v) is 3.39. The maximum absolute atomic E-state index is 5.89. The number of guanidine groups is 1. The average molecular weight is 378 g/mol. The molecule has 0 aliphatic rings. The van der Waals surface area contributed by atoms with Crippen LogP contribution in [0.4, 0.5) is 5.69 Å². The molecule has 2 heterocycles. The number of aliphatic imine (C=N–C) groups is 2. The van der Waals surface area contributed by atoms with Crippen molar-refractivity contribution >= 4 is 17.5 Å². The van der Waals surface area contributed by atoms with Gasteiger partial charge in [0.25, 0.3) is 5.89 Å². The maximum Gasteiger partial charge on any atom is 0.258 e. The van der Waals surface area contributed by atoms with Crippen LogP contribution in [0.1, 0.15) is 5.82 Å². The highest BCUT2D eigenvalue weighted by Crippen LogP contribution is 2.20. The van der Waals surface area contributed by atoms with E-state index in [1.165, 1.54) is 7.11 Å². The van der Waals surface area contributed by atoms with Crippen molar-refractivity contribution in [1.82, 2.24) is 15.1 Å².